The minimum atomic E-state index is -2.77. The highest BCUT2D eigenvalue weighted by Crippen LogP contribution is 2.12. The van der Waals surface area contributed by atoms with E-state index in [1.54, 1.807) is 0 Å². The van der Waals surface area contributed by atoms with E-state index in [1.807, 2.05) is 6.92 Å². The van der Waals surface area contributed by atoms with E-state index in [2.05, 4.69) is 24.1 Å². The van der Waals surface area contributed by atoms with Gasteiger partial charge in [-0.25, -0.2) is 8.42 Å². The van der Waals surface area contributed by atoms with Crippen molar-refractivity contribution in [1.82, 2.24) is 10.2 Å². The highest BCUT2D eigenvalue weighted by atomic mass is 32.2. The van der Waals surface area contributed by atoms with Crippen molar-refractivity contribution in [2.75, 3.05) is 31.1 Å². The lowest BCUT2D eigenvalue weighted by Gasteiger charge is -2.33. The summed E-state index contributed by atoms with van der Waals surface area (Å²) in [6.45, 7) is 9.19. The minimum absolute atomic E-state index is 0.192. The molecule has 0 bridgehead atoms. The van der Waals surface area contributed by atoms with Gasteiger partial charge in [-0.05, 0) is 32.9 Å². The van der Waals surface area contributed by atoms with E-state index < -0.39 is 9.84 Å². The van der Waals surface area contributed by atoms with Gasteiger partial charge in [-0.2, -0.15) is 0 Å². The van der Waals surface area contributed by atoms with Crippen LogP contribution in [0.3, 0.4) is 0 Å². The van der Waals surface area contributed by atoms with E-state index in [0.29, 0.717) is 24.1 Å². The molecule has 1 aliphatic rings. The second-order valence-corrected chi connectivity index (χ2v) is 7.90. The van der Waals surface area contributed by atoms with Crippen LogP contribution in [0.25, 0.3) is 0 Å². The van der Waals surface area contributed by atoms with Gasteiger partial charge in [0.15, 0.2) is 9.84 Å². The zero-order valence-electron chi connectivity index (χ0n) is 12.0. The number of hydrogen-bond acceptors (Lipinski definition) is 4. The largest absolute Gasteiger partial charge is 0.315 e. The Morgan fingerprint density at radius 1 is 1.28 bits per heavy atom. The maximum Gasteiger partial charge on any atom is 0.153 e. The zero-order valence-corrected chi connectivity index (χ0v) is 12.8. The molecular weight excluding hydrogens is 248 g/mol. The third-order valence-electron chi connectivity index (χ3n) is 3.48. The average Bonchev–Trinajstić information content (AvgIpc) is 2.24. The normalized spacial score (nSPS) is 24.6. The Morgan fingerprint density at radius 3 is 2.61 bits per heavy atom. The molecule has 1 rings (SSSR count). The van der Waals surface area contributed by atoms with Gasteiger partial charge in [-0.1, -0.05) is 20.3 Å². The van der Waals surface area contributed by atoms with Crippen molar-refractivity contribution in [3.05, 3.63) is 0 Å². The lowest BCUT2D eigenvalue weighted by molar-refractivity contribution is 0.222. The standard InChI is InChI=1S/C13H28N2O2S/c1-12(2)14-7-5-4-6-8-15-9-10-18(16,17)11-13(15)3/h12-14H,4-11H2,1-3H3. The summed E-state index contributed by atoms with van der Waals surface area (Å²) in [4.78, 5) is 2.32. The predicted molar refractivity (Wildman–Crippen MR) is 76.7 cm³/mol. The van der Waals surface area contributed by atoms with Crippen molar-refractivity contribution in [3.8, 4) is 0 Å². The monoisotopic (exact) mass is 276 g/mol. The minimum Gasteiger partial charge on any atom is -0.315 e. The molecule has 1 fully saturated rings. The fraction of sp³-hybridized carbons (Fsp3) is 1.00. The summed E-state index contributed by atoms with van der Waals surface area (Å²) in [6.07, 6.45) is 3.60. The molecule has 0 amide bonds. The van der Waals surface area contributed by atoms with E-state index in [9.17, 15) is 8.42 Å². The van der Waals surface area contributed by atoms with Crippen LogP contribution in [-0.4, -0.2) is 56.5 Å². The summed E-state index contributed by atoms with van der Waals surface area (Å²) in [6, 6.07) is 0.759. The van der Waals surface area contributed by atoms with Gasteiger partial charge in [0, 0.05) is 18.6 Å². The first-order valence-corrected chi connectivity index (χ1v) is 8.91. The maximum atomic E-state index is 11.5. The van der Waals surface area contributed by atoms with E-state index >= 15 is 0 Å². The van der Waals surface area contributed by atoms with Crippen LogP contribution in [0, 0.1) is 0 Å². The van der Waals surface area contributed by atoms with Gasteiger partial charge >= 0.3 is 0 Å². The van der Waals surface area contributed by atoms with Crippen molar-refractivity contribution in [1.29, 1.82) is 0 Å². The molecule has 5 heteroatoms. The second-order valence-electron chi connectivity index (χ2n) is 5.67. The molecule has 0 spiro atoms. The smallest absolute Gasteiger partial charge is 0.153 e. The van der Waals surface area contributed by atoms with E-state index in [1.165, 1.54) is 19.3 Å². The van der Waals surface area contributed by atoms with E-state index in [0.717, 1.165) is 13.1 Å². The van der Waals surface area contributed by atoms with Gasteiger partial charge in [0.05, 0.1) is 11.5 Å². The molecular formula is C13H28N2O2S. The molecule has 0 aromatic heterocycles. The van der Waals surface area contributed by atoms with Crippen LogP contribution in [0.2, 0.25) is 0 Å². The summed E-state index contributed by atoms with van der Waals surface area (Å²) in [5.41, 5.74) is 0. The van der Waals surface area contributed by atoms with Crippen LogP contribution >= 0.6 is 0 Å². The highest BCUT2D eigenvalue weighted by molar-refractivity contribution is 7.91. The molecule has 1 aliphatic heterocycles. The fourth-order valence-electron chi connectivity index (χ4n) is 2.37. The van der Waals surface area contributed by atoms with Crippen LogP contribution in [0.1, 0.15) is 40.0 Å². The molecule has 0 aliphatic carbocycles. The number of rotatable bonds is 7. The Labute approximate surface area is 112 Å². The molecule has 108 valence electrons. The Bertz CT molecular complexity index is 328. The van der Waals surface area contributed by atoms with Crippen molar-refractivity contribution < 1.29 is 8.42 Å². The van der Waals surface area contributed by atoms with Crippen molar-refractivity contribution >= 4 is 9.84 Å². The zero-order chi connectivity index (χ0) is 13.6. The van der Waals surface area contributed by atoms with Crippen LogP contribution in [0.5, 0.6) is 0 Å². The van der Waals surface area contributed by atoms with E-state index in [-0.39, 0.29) is 6.04 Å². The topological polar surface area (TPSA) is 49.4 Å². The van der Waals surface area contributed by atoms with Gasteiger partial charge in [-0.3, -0.25) is 4.90 Å². The summed E-state index contributed by atoms with van der Waals surface area (Å²) in [5.74, 6) is 0.675. The first-order valence-electron chi connectivity index (χ1n) is 7.08. The van der Waals surface area contributed by atoms with Crippen LogP contribution in [0.4, 0.5) is 0 Å². The lowest BCUT2D eigenvalue weighted by atomic mass is 10.2. The van der Waals surface area contributed by atoms with Crippen LogP contribution < -0.4 is 5.32 Å². The van der Waals surface area contributed by atoms with Gasteiger partial charge in [0.25, 0.3) is 0 Å². The number of hydrogen-bond donors (Lipinski definition) is 1. The van der Waals surface area contributed by atoms with Crippen molar-refractivity contribution in [2.45, 2.75) is 52.1 Å². The number of sulfone groups is 1. The Hall–Kier alpha value is -0.130. The first kappa shape index (κ1) is 15.9. The number of unbranched alkanes of at least 4 members (excludes halogenated alkanes) is 2. The molecule has 18 heavy (non-hydrogen) atoms. The highest BCUT2D eigenvalue weighted by Gasteiger charge is 2.27. The van der Waals surface area contributed by atoms with Crippen LogP contribution in [-0.2, 0) is 9.84 Å². The van der Waals surface area contributed by atoms with Gasteiger partial charge in [-0.15, -0.1) is 0 Å². The SMILES string of the molecule is CC(C)NCCCCCN1CCS(=O)(=O)CC1C. The predicted octanol–water partition coefficient (Wildman–Crippen LogP) is 1.27. The fourth-order valence-corrected chi connectivity index (χ4v) is 4.00. The quantitative estimate of drug-likeness (QED) is 0.712. The Balaban J connectivity index is 2.09. The summed E-state index contributed by atoms with van der Waals surface area (Å²) >= 11 is 0. The molecule has 1 saturated heterocycles. The summed E-state index contributed by atoms with van der Waals surface area (Å²) in [5, 5.41) is 3.41. The van der Waals surface area contributed by atoms with E-state index in [4.69, 9.17) is 0 Å². The molecule has 1 atom stereocenters. The first-order chi connectivity index (χ1) is 8.41. The van der Waals surface area contributed by atoms with Crippen molar-refractivity contribution in [3.63, 3.8) is 0 Å². The maximum absolute atomic E-state index is 11.5. The molecule has 1 unspecified atom stereocenters. The van der Waals surface area contributed by atoms with Crippen molar-refractivity contribution in [2.24, 2.45) is 0 Å². The summed E-state index contributed by atoms with van der Waals surface area (Å²) < 4.78 is 22.9. The lowest BCUT2D eigenvalue weighted by Crippen LogP contribution is -2.47. The average molecular weight is 276 g/mol. The molecule has 1 N–H and O–H groups in total. The third kappa shape index (κ3) is 6.16. The molecule has 0 aromatic rings. The molecule has 4 nitrogen and oxygen atoms in total. The number of nitrogens with one attached hydrogen (secondary N) is 1. The molecule has 1 heterocycles. The number of nitrogens with zero attached hydrogens (tertiary/aromatic N) is 1. The van der Waals surface area contributed by atoms with Gasteiger partial charge in [0.1, 0.15) is 0 Å². The van der Waals surface area contributed by atoms with Gasteiger partial charge in [0.2, 0.25) is 0 Å². The second kappa shape index (κ2) is 7.46. The molecule has 0 saturated carbocycles. The Kier molecular flexibility index (Phi) is 6.60. The molecule has 0 radical (unpaired) electrons. The summed E-state index contributed by atoms with van der Waals surface area (Å²) in [7, 11) is -2.77. The Morgan fingerprint density at radius 2 is 2.00 bits per heavy atom. The molecule has 0 aromatic carbocycles. The third-order valence-corrected chi connectivity index (χ3v) is 5.28. The van der Waals surface area contributed by atoms with Crippen LogP contribution in [0.15, 0.2) is 0 Å². The van der Waals surface area contributed by atoms with Gasteiger partial charge < -0.3 is 5.32 Å².